The van der Waals surface area contributed by atoms with Gasteiger partial charge in [-0.25, -0.2) is 9.97 Å². The third-order valence-corrected chi connectivity index (χ3v) is 4.16. The van der Waals surface area contributed by atoms with E-state index >= 15 is 0 Å². The van der Waals surface area contributed by atoms with E-state index in [0.717, 1.165) is 16.8 Å². The van der Waals surface area contributed by atoms with Crippen molar-refractivity contribution >= 4 is 5.57 Å². The van der Waals surface area contributed by atoms with Crippen LogP contribution in [0.1, 0.15) is 41.0 Å². The van der Waals surface area contributed by atoms with E-state index in [1.807, 2.05) is 13.0 Å². The van der Waals surface area contributed by atoms with Crippen molar-refractivity contribution in [1.29, 1.82) is 0 Å². The number of aromatic nitrogens is 2. The summed E-state index contributed by atoms with van der Waals surface area (Å²) >= 11 is 0. The molecule has 7 heteroatoms. The second-order valence-corrected chi connectivity index (χ2v) is 6.11. The number of nitrogens with zero attached hydrogens (tertiary/aromatic N) is 2. The molecule has 0 aliphatic heterocycles. The van der Waals surface area contributed by atoms with Gasteiger partial charge in [-0.1, -0.05) is 6.58 Å². The fourth-order valence-corrected chi connectivity index (χ4v) is 2.60. The number of aryl methyl sites for hydroxylation is 2. The third kappa shape index (κ3) is 3.78. The van der Waals surface area contributed by atoms with Crippen LogP contribution in [0.25, 0.3) is 5.57 Å². The summed E-state index contributed by atoms with van der Waals surface area (Å²) in [6.45, 7) is 9.22. The van der Waals surface area contributed by atoms with Gasteiger partial charge < -0.3 is 22.8 Å². The van der Waals surface area contributed by atoms with E-state index in [0.29, 0.717) is 22.8 Å². The van der Waals surface area contributed by atoms with Crippen molar-refractivity contribution in [3.8, 4) is 0 Å². The monoisotopic (exact) mass is 368 g/mol. The van der Waals surface area contributed by atoms with Crippen LogP contribution in [0, 0.1) is 13.8 Å². The van der Waals surface area contributed by atoms with Crippen molar-refractivity contribution in [1.82, 2.24) is 9.97 Å². The zero-order valence-electron chi connectivity index (χ0n) is 15.3. The smallest absolute Gasteiger partial charge is 0.181 e. The minimum absolute atomic E-state index is 0.443. The van der Waals surface area contributed by atoms with Gasteiger partial charge in [0.15, 0.2) is 24.3 Å². The van der Waals surface area contributed by atoms with Crippen LogP contribution in [0.15, 0.2) is 74.2 Å². The first kappa shape index (κ1) is 18.5. The maximum atomic E-state index is 10.2. The largest absolute Gasteiger partial charge is 0.472 e. The lowest BCUT2D eigenvalue weighted by molar-refractivity contribution is 0.0752. The van der Waals surface area contributed by atoms with Crippen molar-refractivity contribution in [3.05, 3.63) is 90.6 Å². The van der Waals surface area contributed by atoms with Crippen molar-refractivity contribution in [3.63, 3.8) is 0 Å². The predicted molar refractivity (Wildman–Crippen MR) is 96.7 cm³/mol. The fraction of sp³-hybridized carbons (Fsp3) is 0.200. The van der Waals surface area contributed by atoms with E-state index in [1.165, 1.54) is 25.3 Å². The molecule has 0 saturated heterocycles. The van der Waals surface area contributed by atoms with Crippen LogP contribution < -0.4 is 0 Å². The number of oxazole rings is 2. The van der Waals surface area contributed by atoms with Gasteiger partial charge >= 0.3 is 0 Å². The molecule has 0 aliphatic carbocycles. The van der Waals surface area contributed by atoms with Crippen LogP contribution in [0.4, 0.5) is 0 Å². The molecular weight excluding hydrogens is 348 g/mol. The molecule has 0 fully saturated rings. The normalized spacial score (nSPS) is 12.9. The molecule has 4 rings (SSSR count). The molecule has 4 heterocycles. The zero-order chi connectivity index (χ0) is 19.4. The van der Waals surface area contributed by atoms with Gasteiger partial charge in [-0.05, 0) is 32.9 Å². The molecule has 1 atom stereocenters. The second kappa shape index (κ2) is 7.51. The highest BCUT2D eigenvalue weighted by Gasteiger charge is 2.32. The highest BCUT2D eigenvalue weighted by molar-refractivity contribution is 5.75. The Morgan fingerprint density at radius 3 is 2.19 bits per heavy atom. The molecule has 0 radical (unpaired) electrons. The van der Waals surface area contributed by atoms with Gasteiger partial charge in [0, 0.05) is 16.7 Å². The lowest BCUT2D eigenvalue weighted by atomic mass is 9.95. The molecule has 0 aromatic carbocycles. The molecule has 1 N–H and O–H groups in total. The average Bonchev–Trinajstić information content (AvgIpc) is 3.42. The maximum Gasteiger partial charge on any atom is 0.181 e. The minimum atomic E-state index is -1.19. The Kier molecular flexibility index (Phi) is 5.14. The summed E-state index contributed by atoms with van der Waals surface area (Å²) in [6, 6.07) is 3.53. The van der Waals surface area contributed by atoms with E-state index in [4.69, 9.17) is 17.7 Å². The molecule has 0 saturated carbocycles. The lowest BCUT2D eigenvalue weighted by Crippen LogP contribution is -2.22. The van der Waals surface area contributed by atoms with Crippen molar-refractivity contribution in [2.75, 3.05) is 0 Å². The van der Waals surface area contributed by atoms with Crippen LogP contribution >= 0.6 is 0 Å². The number of furan rings is 2. The van der Waals surface area contributed by atoms with E-state index in [1.54, 1.807) is 32.4 Å². The van der Waals surface area contributed by atoms with E-state index in [2.05, 4.69) is 16.5 Å². The van der Waals surface area contributed by atoms with E-state index < -0.39 is 5.60 Å². The molecule has 7 nitrogen and oxygen atoms in total. The molecule has 4 aromatic rings. The molecule has 140 valence electrons. The first-order chi connectivity index (χ1) is 12.9. The van der Waals surface area contributed by atoms with Crippen molar-refractivity contribution in [2.45, 2.75) is 26.4 Å². The van der Waals surface area contributed by atoms with Gasteiger partial charge in [0.1, 0.15) is 5.60 Å². The minimum Gasteiger partial charge on any atom is -0.472 e. The summed E-state index contributed by atoms with van der Waals surface area (Å²) in [4.78, 5) is 7.92. The van der Waals surface area contributed by atoms with Crippen LogP contribution in [-0.2, 0) is 5.60 Å². The topological polar surface area (TPSA) is 98.6 Å². The molecule has 27 heavy (non-hydrogen) atoms. The van der Waals surface area contributed by atoms with Crippen molar-refractivity contribution in [2.24, 2.45) is 0 Å². The Bertz CT molecular complexity index is 991. The summed E-state index contributed by atoms with van der Waals surface area (Å²) in [7, 11) is 0. The van der Waals surface area contributed by atoms with Crippen LogP contribution in [0.3, 0.4) is 0 Å². The summed E-state index contributed by atoms with van der Waals surface area (Å²) in [6.07, 6.45) is 8.96. The first-order valence-corrected chi connectivity index (χ1v) is 8.18. The molecule has 0 spiro atoms. The zero-order valence-corrected chi connectivity index (χ0v) is 15.3. The number of hydrogen-bond acceptors (Lipinski definition) is 7. The standard InChI is InChI=1S/C10H11NO3.C10H9NO2/c1-7-9(14-6-11-7)10(2,12)8-3-4-13-5-8;1-7(9-3-4-12-5-9)10-8(2)11-6-13-10/h3-6,12H,1-2H3;3-6H,1H2,2H3. The Labute approximate surface area is 156 Å². The Balaban J connectivity index is 0.000000156. The highest BCUT2D eigenvalue weighted by Crippen LogP contribution is 2.31. The molecule has 4 aromatic heterocycles. The van der Waals surface area contributed by atoms with E-state index in [9.17, 15) is 5.11 Å². The van der Waals surface area contributed by atoms with Crippen molar-refractivity contribution < 1.29 is 22.8 Å². The Morgan fingerprint density at radius 2 is 1.67 bits per heavy atom. The number of aliphatic hydroxyl groups is 1. The van der Waals surface area contributed by atoms with Gasteiger partial charge in [-0.3, -0.25) is 0 Å². The Morgan fingerprint density at radius 1 is 1.00 bits per heavy atom. The summed E-state index contributed by atoms with van der Waals surface area (Å²) in [5.41, 5.74) is 2.69. The maximum absolute atomic E-state index is 10.2. The van der Waals surface area contributed by atoms with E-state index in [-0.39, 0.29) is 0 Å². The van der Waals surface area contributed by atoms with Crippen LogP contribution in [0.5, 0.6) is 0 Å². The number of rotatable bonds is 4. The summed E-state index contributed by atoms with van der Waals surface area (Å²) < 4.78 is 20.2. The summed E-state index contributed by atoms with van der Waals surface area (Å²) in [5, 5.41) is 10.2. The predicted octanol–water partition coefficient (Wildman–Crippen LogP) is 4.47. The lowest BCUT2D eigenvalue weighted by Gasteiger charge is -2.18. The Hall–Kier alpha value is -3.32. The quantitative estimate of drug-likeness (QED) is 0.567. The van der Waals surface area contributed by atoms with Gasteiger partial charge in [0.2, 0.25) is 0 Å². The molecule has 0 amide bonds. The highest BCUT2D eigenvalue weighted by atomic mass is 16.4. The summed E-state index contributed by atoms with van der Waals surface area (Å²) in [5.74, 6) is 1.15. The van der Waals surface area contributed by atoms with Gasteiger partial charge in [-0.15, -0.1) is 0 Å². The SMILES string of the molecule is C=C(c1ccoc1)c1ocnc1C.Cc1ncoc1C(C)(O)c1ccoc1. The van der Waals surface area contributed by atoms with Gasteiger partial charge in [0.25, 0.3) is 0 Å². The van der Waals surface area contributed by atoms with Crippen LogP contribution in [-0.4, -0.2) is 15.1 Å². The average molecular weight is 368 g/mol. The molecule has 0 aliphatic rings. The molecule has 1 unspecified atom stereocenters. The fourth-order valence-electron chi connectivity index (χ4n) is 2.60. The van der Waals surface area contributed by atoms with Crippen LogP contribution in [0.2, 0.25) is 0 Å². The first-order valence-electron chi connectivity index (χ1n) is 8.18. The molecule has 0 bridgehead atoms. The van der Waals surface area contributed by atoms with Gasteiger partial charge in [0.05, 0.1) is 36.4 Å². The second-order valence-electron chi connectivity index (χ2n) is 6.11. The van der Waals surface area contributed by atoms with Gasteiger partial charge in [-0.2, -0.15) is 0 Å². The molecular formula is C20H20N2O5. The number of hydrogen-bond donors (Lipinski definition) is 1. The third-order valence-electron chi connectivity index (χ3n) is 4.16.